The van der Waals surface area contributed by atoms with Gasteiger partial charge in [-0.3, -0.25) is 14.4 Å². The normalized spacial score (nSPS) is 27.6. The third kappa shape index (κ3) is 2.00. The van der Waals surface area contributed by atoms with E-state index >= 15 is 0 Å². The monoisotopic (exact) mass is 429 g/mol. The van der Waals surface area contributed by atoms with Gasteiger partial charge in [-0.15, -0.1) is 0 Å². The van der Waals surface area contributed by atoms with Crippen LogP contribution in [-0.4, -0.2) is 22.9 Å². The third-order valence-electron chi connectivity index (χ3n) is 7.05. The van der Waals surface area contributed by atoms with Crippen LogP contribution < -0.4 is 4.90 Å². The molecule has 0 spiro atoms. The fourth-order valence-electron chi connectivity index (χ4n) is 6.01. The van der Waals surface area contributed by atoms with Crippen molar-refractivity contribution in [1.29, 1.82) is 0 Å². The number of anilines is 1. The van der Waals surface area contributed by atoms with Gasteiger partial charge in [0.15, 0.2) is 0 Å². The number of amides is 2. The highest BCUT2D eigenvalue weighted by Crippen LogP contribution is 2.64. The topological polar surface area (TPSA) is 74.7 Å². The van der Waals surface area contributed by atoms with Crippen molar-refractivity contribution in [1.82, 2.24) is 0 Å². The Morgan fingerprint density at radius 1 is 0.839 bits per heavy atom. The summed E-state index contributed by atoms with van der Waals surface area (Å²) in [6.07, 6.45) is 0. The lowest BCUT2D eigenvalue weighted by atomic mass is 9.47. The number of carboxylic acid groups (broad SMARTS) is 1. The van der Waals surface area contributed by atoms with Crippen molar-refractivity contribution in [2.24, 2.45) is 11.8 Å². The van der Waals surface area contributed by atoms with E-state index in [9.17, 15) is 19.5 Å². The second-order valence-electron chi connectivity index (χ2n) is 8.23. The Labute approximate surface area is 182 Å². The molecular weight excluding hydrogens is 414 g/mol. The van der Waals surface area contributed by atoms with Crippen molar-refractivity contribution in [3.8, 4) is 0 Å². The molecule has 1 aliphatic heterocycles. The molecule has 2 bridgehead atoms. The Bertz CT molecular complexity index is 1270. The second-order valence-corrected chi connectivity index (χ2v) is 8.64. The molecule has 2 atom stereocenters. The van der Waals surface area contributed by atoms with Gasteiger partial charge in [0.25, 0.3) is 0 Å². The van der Waals surface area contributed by atoms with Gasteiger partial charge in [-0.2, -0.15) is 0 Å². The maximum Gasteiger partial charge on any atom is 0.319 e. The fourth-order valence-corrected chi connectivity index (χ4v) is 6.23. The van der Waals surface area contributed by atoms with E-state index in [0.29, 0.717) is 16.8 Å². The molecule has 152 valence electrons. The largest absolute Gasteiger partial charge is 0.480 e. The van der Waals surface area contributed by atoms with Gasteiger partial charge in [0.2, 0.25) is 11.8 Å². The van der Waals surface area contributed by atoms with Gasteiger partial charge in [0, 0.05) is 5.92 Å². The van der Waals surface area contributed by atoms with Crippen LogP contribution in [0.1, 0.15) is 28.2 Å². The van der Waals surface area contributed by atoms with E-state index in [0.717, 1.165) is 16.0 Å². The van der Waals surface area contributed by atoms with Gasteiger partial charge in [-0.05, 0) is 34.4 Å². The minimum atomic E-state index is -1.63. The summed E-state index contributed by atoms with van der Waals surface area (Å²) in [4.78, 5) is 41.7. The Hall–Kier alpha value is -3.44. The number of benzene rings is 3. The maximum absolute atomic E-state index is 13.8. The first-order valence-corrected chi connectivity index (χ1v) is 10.4. The summed E-state index contributed by atoms with van der Waals surface area (Å²) in [5.74, 6) is -4.26. The Balaban J connectivity index is 1.69. The number of nitrogens with zero attached hydrogens (tertiary/aromatic N) is 1. The van der Waals surface area contributed by atoms with E-state index in [4.69, 9.17) is 11.6 Å². The first kappa shape index (κ1) is 18.3. The lowest BCUT2D eigenvalue weighted by Crippen LogP contribution is -2.57. The van der Waals surface area contributed by atoms with Gasteiger partial charge in [-0.1, -0.05) is 72.3 Å². The first-order valence-electron chi connectivity index (χ1n) is 10.0. The minimum Gasteiger partial charge on any atom is -0.480 e. The summed E-state index contributed by atoms with van der Waals surface area (Å²) in [5, 5.41) is 10.9. The zero-order valence-electron chi connectivity index (χ0n) is 16.2. The summed E-state index contributed by atoms with van der Waals surface area (Å²) in [5.41, 5.74) is 1.44. The number of para-hydroxylation sites is 1. The molecule has 3 aromatic rings. The number of rotatable bonds is 2. The standard InChI is InChI=1S/C25H16ClNO4/c26-17-11-5-6-12-18(17)27-22(28)20-19-13-7-1-3-9-15(13)25(24(30)31,21(20)23(27)29)16-10-4-2-8-14(16)19/h1-12,19-21H,(H,30,31)/t19?,20-,21+,25?/m1/s1. The molecular formula is C25H16ClNO4. The molecule has 6 heteroatoms. The predicted octanol–water partition coefficient (Wildman–Crippen LogP) is 3.98. The number of hydrogen-bond donors (Lipinski definition) is 1. The molecule has 3 aromatic carbocycles. The van der Waals surface area contributed by atoms with Crippen LogP contribution in [-0.2, 0) is 19.8 Å². The van der Waals surface area contributed by atoms with Crippen LogP contribution in [0, 0.1) is 11.8 Å². The van der Waals surface area contributed by atoms with Crippen molar-refractivity contribution >= 4 is 35.1 Å². The lowest BCUT2D eigenvalue weighted by molar-refractivity contribution is -0.149. The highest BCUT2D eigenvalue weighted by atomic mass is 35.5. The molecule has 0 saturated carbocycles. The van der Waals surface area contributed by atoms with Gasteiger partial charge in [-0.25, -0.2) is 4.90 Å². The molecule has 0 aromatic heterocycles. The van der Waals surface area contributed by atoms with E-state index in [1.807, 2.05) is 24.3 Å². The summed E-state index contributed by atoms with van der Waals surface area (Å²) < 4.78 is 0. The zero-order valence-corrected chi connectivity index (χ0v) is 16.9. The SMILES string of the molecule is O=C1[C@@H]2C3c4ccccc4C(C(=O)O)(c4ccccc43)[C@@H]2C(=O)N1c1ccccc1Cl. The Kier molecular flexibility index (Phi) is 3.58. The van der Waals surface area contributed by atoms with E-state index in [1.165, 1.54) is 0 Å². The maximum atomic E-state index is 13.8. The Morgan fingerprint density at radius 3 is 1.97 bits per heavy atom. The molecule has 4 aliphatic rings. The van der Waals surface area contributed by atoms with E-state index in [1.54, 1.807) is 48.5 Å². The molecule has 2 amide bonds. The number of carbonyl (C=O) groups is 3. The highest BCUT2D eigenvalue weighted by molar-refractivity contribution is 6.36. The highest BCUT2D eigenvalue weighted by Gasteiger charge is 2.71. The van der Waals surface area contributed by atoms with Gasteiger partial charge in [0.05, 0.1) is 22.5 Å². The molecule has 3 aliphatic carbocycles. The smallest absolute Gasteiger partial charge is 0.319 e. The van der Waals surface area contributed by atoms with Gasteiger partial charge in [0.1, 0.15) is 5.41 Å². The van der Waals surface area contributed by atoms with E-state index < -0.39 is 35.0 Å². The predicted molar refractivity (Wildman–Crippen MR) is 114 cm³/mol. The molecule has 1 saturated heterocycles. The lowest BCUT2D eigenvalue weighted by Gasteiger charge is -2.51. The van der Waals surface area contributed by atoms with Gasteiger partial charge < -0.3 is 5.11 Å². The van der Waals surface area contributed by atoms with Crippen LogP contribution in [0.3, 0.4) is 0 Å². The molecule has 1 heterocycles. The summed E-state index contributed by atoms with van der Waals surface area (Å²) in [6, 6.07) is 21.2. The van der Waals surface area contributed by atoms with E-state index in [2.05, 4.69) is 0 Å². The molecule has 0 radical (unpaired) electrons. The van der Waals surface area contributed by atoms with Crippen molar-refractivity contribution in [3.63, 3.8) is 0 Å². The summed E-state index contributed by atoms with van der Waals surface area (Å²) >= 11 is 6.33. The van der Waals surface area contributed by atoms with Crippen LogP contribution in [0.2, 0.25) is 5.02 Å². The van der Waals surface area contributed by atoms with Gasteiger partial charge >= 0.3 is 5.97 Å². The summed E-state index contributed by atoms with van der Waals surface area (Å²) in [6.45, 7) is 0. The van der Waals surface area contributed by atoms with Crippen LogP contribution in [0.15, 0.2) is 72.8 Å². The fraction of sp³-hybridized carbons (Fsp3) is 0.160. The number of carboxylic acids is 1. The van der Waals surface area contributed by atoms with Crippen molar-refractivity contribution in [2.75, 3.05) is 4.90 Å². The molecule has 1 fully saturated rings. The minimum absolute atomic E-state index is 0.273. The average molecular weight is 430 g/mol. The van der Waals surface area contributed by atoms with E-state index in [-0.39, 0.29) is 10.9 Å². The first-order chi connectivity index (χ1) is 15.0. The Morgan fingerprint density at radius 2 is 1.39 bits per heavy atom. The molecule has 1 N–H and O–H groups in total. The van der Waals surface area contributed by atoms with Crippen LogP contribution in [0.25, 0.3) is 0 Å². The molecule has 31 heavy (non-hydrogen) atoms. The van der Waals surface area contributed by atoms with Crippen LogP contribution >= 0.6 is 11.6 Å². The van der Waals surface area contributed by atoms with Crippen molar-refractivity contribution in [2.45, 2.75) is 11.3 Å². The summed E-state index contributed by atoms with van der Waals surface area (Å²) in [7, 11) is 0. The van der Waals surface area contributed by atoms with Crippen LogP contribution in [0.5, 0.6) is 0 Å². The van der Waals surface area contributed by atoms with Crippen molar-refractivity contribution < 1.29 is 19.5 Å². The zero-order chi connectivity index (χ0) is 21.5. The van der Waals surface area contributed by atoms with Crippen LogP contribution in [0.4, 0.5) is 5.69 Å². The number of imide groups is 1. The molecule has 7 rings (SSSR count). The number of halogens is 1. The number of hydrogen-bond acceptors (Lipinski definition) is 3. The second kappa shape index (κ2) is 6.05. The number of carbonyl (C=O) groups excluding carboxylic acids is 2. The number of aliphatic carboxylic acids is 1. The quantitative estimate of drug-likeness (QED) is 0.625. The van der Waals surface area contributed by atoms with Crippen molar-refractivity contribution in [3.05, 3.63) is 100 Å². The molecule has 0 unspecified atom stereocenters. The molecule has 5 nitrogen and oxygen atoms in total. The third-order valence-corrected chi connectivity index (χ3v) is 7.37. The average Bonchev–Trinajstić information content (AvgIpc) is 3.05.